The molecule has 1 N–H and O–H groups in total. The van der Waals surface area contributed by atoms with Gasteiger partial charge in [-0.3, -0.25) is 4.98 Å². The van der Waals surface area contributed by atoms with Crippen LogP contribution in [0.1, 0.15) is 57.6 Å². The first-order valence-electron chi connectivity index (χ1n) is 7.49. The normalized spacial score (nSPS) is 25.2. The zero-order valence-electron chi connectivity index (χ0n) is 12.0. The largest absolute Gasteiger partial charge is 0.310 e. The summed E-state index contributed by atoms with van der Waals surface area (Å²) in [5.74, 6) is 1.50. The van der Waals surface area contributed by atoms with Crippen molar-refractivity contribution < 1.29 is 4.39 Å². The van der Waals surface area contributed by atoms with Gasteiger partial charge >= 0.3 is 0 Å². The lowest BCUT2D eigenvalue weighted by molar-refractivity contribution is 0.265. The number of halogens is 1. The van der Waals surface area contributed by atoms with Crippen LogP contribution in [0.2, 0.25) is 0 Å². The first-order valence-corrected chi connectivity index (χ1v) is 7.49. The van der Waals surface area contributed by atoms with Crippen LogP contribution >= 0.6 is 0 Å². The van der Waals surface area contributed by atoms with E-state index in [1.165, 1.54) is 38.3 Å². The second-order valence-electron chi connectivity index (χ2n) is 6.04. The average Bonchev–Trinajstić information content (AvgIpc) is 2.38. The van der Waals surface area contributed by atoms with Crippen LogP contribution in [0.3, 0.4) is 0 Å². The van der Waals surface area contributed by atoms with Gasteiger partial charge in [0.2, 0.25) is 0 Å². The van der Waals surface area contributed by atoms with E-state index in [2.05, 4.69) is 24.1 Å². The molecule has 0 aliphatic heterocycles. The number of hydrogen-bond donors (Lipinski definition) is 1. The second kappa shape index (κ2) is 6.99. The third-order valence-corrected chi connectivity index (χ3v) is 4.27. The summed E-state index contributed by atoms with van der Waals surface area (Å²) in [6.45, 7) is 5.44. The SMILES string of the molecule is CC1CCCC(CCNC(C)c2cncc(F)c2)C1. The summed E-state index contributed by atoms with van der Waals surface area (Å²) in [5, 5.41) is 3.48. The smallest absolute Gasteiger partial charge is 0.141 e. The predicted octanol–water partition coefficient (Wildman–Crippen LogP) is 4.09. The van der Waals surface area contributed by atoms with Crippen LogP contribution in [0.5, 0.6) is 0 Å². The summed E-state index contributed by atoms with van der Waals surface area (Å²) in [6.07, 6.45) is 9.75. The molecule has 2 nitrogen and oxygen atoms in total. The van der Waals surface area contributed by atoms with E-state index >= 15 is 0 Å². The Morgan fingerprint density at radius 2 is 2.26 bits per heavy atom. The number of aromatic nitrogens is 1. The minimum atomic E-state index is -0.257. The van der Waals surface area contributed by atoms with Crippen LogP contribution < -0.4 is 5.32 Å². The van der Waals surface area contributed by atoms with Gasteiger partial charge < -0.3 is 5.32 Å². The Balaban J connectivity index is 1.73. The highest BCUT2D eigenvalue weighted by Gasteiger charge is 2.18. The van der Waals surface area contributed by atoms with Gasteiger partial charge in [-0.15, -0.1) is 0 Å². The Morgan fingerprint density at radius 1 is 1.42 bits per heavy atom. The molecule has 1 aromatic heterocycles. The lowest BCUT2D eigenvalue weighted by atomic mass is 9.81. The van der Waals surface area contributed by atoms with Gasteiger partial charge in [0, 0.05) is 12.2 Å². The maximum Gasteiger partial charge on any atom is 0.141 e. The fourth-order valence-electron chi connectivity index (χ4n) is 3.11. The molecule has 3 heteroatoms. The monoisotopic (exact) mass is 264 g/mol. The molecule has 0 saturated heterocycles. The third-order valence-electron chi connectivity index (χ3n) is 4.27. The number of rotatable bonds is 5. The summed E-state index contributed by atoms with van der Waals surface area (Å²) in [7, 11) is 0. The fraction of sp³-hybridized carbons (Fsp3) is 0.688. The minimum absolute atomic E-state index is 0.171. The first-order chi connectivity index (χ1) is 9.15. The van der Waals surface area contributed by atoms with Crippen LogP contribution in [-0.2, 0) is 0 Å². The van der Waals surface area contributed by atoms with Gasteiger partial charge in [0.25, 0.3) is 0 Å². The molecule has 1 aliphatic carbocycles. The third kappa shape index (κ3) is 4.57. The molecule has 0 spiro atoms. The van der Waals surface area contributed by atoms with Crippen molar-refractivity contribution >= 4 is 0 Å². The van der Waals surface area contributed by atoms with Gasteiger partial charge in [-0.1, -0.05) is 26.2 Å². The summed E-state index contributed by atoms with van der Waals surface area (Å²) < 4.78 is 13.1. The predicted molar refractivity (Wildman–Crippen MR) is 76.4 cm³/mol. The van der Waals surface area contributed by atoms with Crippen LogP contribution in [0.25, 0.3) is 0 Å². The highest BCUT2D eigenvalue weighted by Crippen LogP contribution is 2.30. The summed E-state index contributed by atoms with van der Waals surface area (Å²) in [6, 6.07) is 1.73. The van der Waals surface area contributed by atoms with E-state index in [1.54, 1.807) is 12.3 Å². The van der Waals surface area contributed by atoms with E-state index in [9.17, 15) is 4.39 Å². The molecule has 3 unspecified atom stereocenters. The molecule has 0 radical (unpaired) electrons. The van der Waals surface area contributed by atoms with Crippen molar-refractivity contribution in [1.29, 1.82) is 0 Å². The maximum absolute atomic E-state index is 13.1. The summed E-state index contributed by atoms with van der Waals surface area (Å²) >= 11 is 0. The van der Waals surface area contributed by atoms with Crippen molar-refractivity contribution in [2.45, 2.75) is 52.0 Å². The Morgan fingerprint density at radius 3 is 3.00 bits per heavy atom. The topological polar surface area (TPSA) is 24.9 Å². The van der Waals surface area contributed by atoms with Gasteiger partial charge in [-0.2, -0.15) is 0 Å². The van der Waals surface area contributed by atoms with Crippen molar-refractivity contribution in [3.05, 3.63) is 29.8 Å². The Bertz CT molecular complexity index is 394. The highest BCUT2D eigenvalue weighted by molar-refractivity contribution is 5.14. The van der Waals surface area contributed by atoms with Crippen LogP contribution in [-0.4, -0.2) is 11.5 Å². The van der Waals surface area contributed by atoms with Gasteiger partial charge in [0.1, 0.15) is 5.82 Å². The van der Waals surface area contributed by atoms with Crippen molar-refractivity contribution in [3.8, 4) is 0 Å². The second-order valence-corrected chi connectivity index (χ2v) is 6.04. The van der Waals surface area contributed by atoms with Crippen LogP contribution in [0.4, 0.5) is 4.39 Å². The van der Waals surface area contributed by atoms with E-state index < -0.39 is 0 Å². The van der Waals surface area contributed by atoms with Crippen molar-refractivity contribution in [3.63, 3.8) is 0 Å². The number of nitrogens with zero attached hydrogens (tertiary/aromatic N) is 1. The molecule has 0 bridgehead atoms. The van der Waals surface area contributed by atoms with E-state index in [4.69, 9.17) is 0 Å². The van der Waals surface area contributed by atoms with Crippen molar-refractivity contribution in [2.24, 2.45) is 11.8 Å². The standard InChI is InChI=1S/C16H25FN2/c1-12-4-3-5-14(8-12)6-7-19-13(2)15-9-16(17)11-18-10-15/h9-14,19H,3-8H2,1-2H3. The molecule has 106 valence electrons. The molecule has 1 aromatic rings. The van der Waals surface area contributed by atoms with Crippen LogP contribution in [0.15, 0.2) is 18.5 Å². The van der Waals surface area contributed by atoms with Gasteiger partial charge in [-0.05, 0) is 49.8 Å². The van der Waals surface area contributed by atoms with E-state index in [0.717, 1.165) is 23.9 Å². The van der Waals surface area contributed by atoms with Gasteiger partial charge in [-0.25, -0.2) is 4.39 Å². The zero-order valence-corrected chi connectivity index (χ0v) is 12.0. The van der Waals surface area contributed by atoms with Gasteiger partial charge in [0.05, 0.1) is 6.20 Å². The lowest BCUT2D eigenvalue weighted by Crippen LogP contribution is -2.24. The molecule has 1 heterocycles. The molecule has 1 aliphatic rings. The quantitative estimate of drug-likeness (QED) is 0.866. The van der Waals surface area contributed by atoms with Crippen molar-refractivity contribution in [2.75, 3.05) is 6.54 Å². The molecular formula is C16H25FN2. The molecule has 2 rings (SSSR count). The first kappa shape index (κ1) is 14.4. The molecule has 1 saturated carbocycles. The lowest BCUT2D eigenvalue weighted by Gasteiger charge is -2.27. The molecule has 0 aromatic carbocycles. The van der Waals surface area contributed by atoms with E-state index in [-0.39, 0.29) is 11.9 Å². The van der Waals surface area contributed by atoms with E-state index in [1.807, 2.05) is 0 Å². The zero-order chi connectivity index (χ0) is 13.7. The Labute approximate surface area is 115 Å². The highest BCUT2D eigenvalue weighted by atomic mass is 19.1. The van der Waals surface area contributed by atoms with Crippen LogP contribution in [0, 0.1) is 17.7 Å². The number of nitrogens with one attached hydrogen (secondary N) is 1. The minimum Gasteiger partial charge on any atom is -0.310 e. The van der Waals surface area contributed by atoms with Crippen molar-refractivity contribution in [1.82, 2.24) is 10.3 Å². The summed E-state index contributed by atoms with van der Waals surface area (Å²) in [4.78, 5) is 3.90. The number of pyridine rings is 1. The fourth-order valence-corrected chi connectivity index (χ4v) is 3.11. The Kier molecular flexibility index (Phi) is 5.32. The summed E-state index contributed by atoms with van der Waals surface area (Å²) in [5.41, 5.74) is 0.928. The molecule has 0 amide bonds. The molecule has 3 atom stereocenters. The Hall–Kier alpha value is -0.960. The van der Waals surface area contributed by atoms with E-state index in [0.29, 0.717) is 0 Å². The molecule has 19 heavy (non-hydrogen) atoms. The molecular weight excluding hydrogens is 239 g/mol. The average molecular weight is 264 g/mol. The number of hydrogen-bond acceptors (Lipinski definition) is 2. The van der Waals surface area contributed by atoms with Gasteiger partial charge in [0.15, 0.2) is 0 Å². The maximum atomic E-state index is 13.1. The molecule has 1 fully saturated rings.